The minimum atomic E-state index is 0.0850. The van der Waals surface area contributed by atoms with E-state index < -0.39 is 0 Å². The topological polar surface area (TPSA) is 74.7 Å². The number of aromatic nitrogens is 1. The lowest BCUT2D eigenvalue weighted by molar-refractivity contribution is 0.250. The number of pyridine rings is 1. The Bertz CT molecular complexity index is 443. The first kappa shape index (κ1) is 13.8. The summed E-state index contributed by atoms with van der Waals surface area (Å²) in [5.74, 6) is 0.0850. The molecular weight excluding hydrogens is 240 g/mol. The molecule has 5 heteroatoms. The molecule has 3 N–H and O–H groups in total. The quantitative estimate of drug-likeness (QED) is 0.341. The number of amidine groups is 1. The van der Waals surface area contributed by atoms with Gasteiger partial charge in [0.1, 0.15) is 5.69 Å². The molecule has 104 valence electrons. The summed E-state index contributed by atoms with van der Waals surface area (Å²) < 4.78 is 0. The Labute approximate surface area is 114 Å². The maximum absolute atomic E-state index is 8.82. The number of nitrogens with two attached hydrogens (primary N) is 1. The van der Waals surface area contributed by atoms with Crippen molar-refractivity contribution in [1.82, 2.24) is 9.88 Å². The van der Waals surface area contributed by atoms with Gasteiger partial charge in [0.15, 0.2) is 5.84 Å². The number of hydrogen-bond acceptors (Lipinski definition) is 4. The molecule has 2 rings (SSSR count). The van der Waals surface area contributed by atoms with E-state index in [1.165, 1.54) is 25.7 Å². The average Bonchev–Trinajstić information content (AvgIpc) is 3.27. The smallest absolute Gasteiger partial charge is 0.189 e. The zero-order valence-corrected chi connectivity index (χ0v) is 11.4. The lowest BCUT2D eigenvalue weighted by Gasteiger charge is -2.22. The fourth-order valence-corrected chi connectivity index (χ4v) is 2.25. The fraction of sp³-hybridized carbons (Fsp3) is 0.571. The maximum atomic E-state index is 8.82. The Morgan fingerprint density at radius 2 is 2.37 bits per heavy atom. The number of hydrogen-bond donors (Lipinski definition) is 2. The van der Waals surface area contributed by atoms with E-state index in [1.807, 2.05) is 12.1 Å². The van der Waals surface area contributed by atoms with Crippen molar-refractivity contribution in [2.24, 2.45) is 10.9 Å². The SMILES string of the molecule is CCCCN(Cc1cccnc1C(N)=NO)C1CC1. The van der Waals surface area contributed by atoms with Crippen LogP contribution in [0.25, 0.3) is 0 Å². The molecule has 19 heavy (non-hydrogen) atoms. The van der Waals surface area contributed by atoms with Crippen molar-refractivity contribution < 1.29 is 5.21 Å². The molecule has 0 bridgehead atoms. The van der Waals surface area contributed by atoms with Gasteiger partial charge in [-0.15, -0.1) is 0 Å². The largest absolute Gasteiger partial charge is 0.409 e. The molecule has 0 spiro atoms. The van der Waals surface area contributed by atoms with E-state index in [-0.39, 0.29) is 5.84 Å². The van der Waals surface area contributed by atoms with Crippen LogP contribution in [-0.2, 0) is 6.54 Å². The molecule has 1 heterocycles. The van der Waals surface area contributed by atoms with Crippen molar-refractivity contribution in [3.8, 4) is 0 Å². The predicted octanol–water partition coefficient (Wildman–Crippen LogP) is 1.94. The molecule has 0 unspecified atom stereocenters. The molecule has 1 aliphatic carbocycles. The first-order valence-corrected chi connectivity index (χ1v) is 6.92. The minimum absolute atomic E-state index is 0.0850. The highest BCUT2D eigenvalue weighted by Crippen LogP contribution is 2.28. The summed E-state index contributed by atoms with van der Waals surface area (Å²) in [6, 6.07) is 4.60. The molecule has 1 saturated carbocycles. The van der Waals surface area contributed by atoms with E-state index in [1.54, 1.807) is 6.20 Å². The van der Waals surface area contributed by atoms with Gasteiger partial charge >= 0.3 is 0 Å². The van der Waals surface area contributed by atoms with Crippen LogP contribution < -0.4 is 5.73 Å². The summed E-state index contributed by atoms with van der Waals surface area (Å²) in [6.45, 7) is 4.13. The van der Waals surface area contributed by atoms with Gasteiger partial charge in [0.05, 0.1) is 0 Å². The van der Waals surface area contributed by atoms with Gasteiger partial charge in [-0.1, -0.05) is 24.6 Å². The number of oxime groups is 1. The molecule has 0 saturated heterocycles. The van der Waals surface area contributed by atoms with E-state index in [4.69, 9.17) is 10.9 Å². The van der Waals surface area contributed by atoms with Crippen LogP contribution in [0.5, 0.6) is 0 Å². The summed E-state index contributed by atoms with van der Waals surface area (Å²) >= 11 is 0. The Morgan fingerprint density at radius 1 is 1.58 bits per heavy atom. The molecule has 0 aliphatic heterocycles. The van der Waals surface area contributed by atoms with Crippen LogP contribution in [0.2, 0.25) is 0 Å². The van der Waals surface area contributed by atoms with E-state index in [2.05, 4.69) is 22.0 Å². The first-order valence-electron chi connectivity index (χ1n) is 6.92. The molecule has 0 amide bonds. The second kappa shape index (κ2) is 6.52. The third-order valence-corrected chi connectivity index (χ3v) is 3.48. The number of rotatable bonds is 7. The van der Waals surface area contributed by atoms with Crippen molar-refractivity contribution in [2.75, 3.05) is 6.54 Å². The molecule has 0 atom stereocenters. The first-order chi connectivity index (χ1) is 9.26. The van der Waals surface area contributed by atoms with Gasteiger partial charge in [-0.2, -0.15) is 0 Å². The third-order valence-electron chi connectivity index (χ3n) is 3.48. The van der Waals surface area contributed by atoms with Crippen molar-refractivity contribution >= 4 is 5.84 Å². The summed E-state index contributed by atoms with van der Waals surface area (Å²) in [4.78, 5) is 6.70. The van der Waals surface area contributed by atoms with Crippen LogP contribution in [0.4, 0.5) is 0 Å². The number of unbranched alkanes of at least 4 members (excludes halogenated alkanes) is 1. The standard InChI is InChI=1S/C14H22N4O/c1-2-3-9-18(12-6-7-12)10-11-5-4-8-16-13(11)14(15)17-19/h4-5,8,12,19H,2-3,6-7,9-10H2,1H3,(H2,15,17). The molecule has 0 aromatic carbocycles. The maximum Gasteiger partial charge on any atom is 0.189 e. The van der Waals surface area contributed by atoms with Crippen molar-refractivity contribution in [1.29, 1.82) is 0 Å². The van der Waals surface area contributed by atoms with Crippen LogP contribution in [-0.4, -0.2) is 33.5 Å². The third kappa shape index (κ3) is 3.67. The molecule has 1 aromatic heterocycles. The van der Waals surface area contributed by atoms with Crippen molar-refractivity contribution in [3.63, 3.8) is 0 Å². The predicted molar refractivity (Wildman–Crippen MR) is 75.1 cm³/mol. The minimum Gasteiger partial charge on any atom is -0.409 e. The van der Waals surface area contributed by atoms with Gasteiger partial charge < -0.3 is 10.9 Å². The fourth-order valence-electron chi connectivity index (χ4n) is 2.25. The highest BCUT2D eigenvalue weighted by molar-refractivity contribution is 5.96. The zero-order valence-electron chi connectivity index (χ0n) is 11.4. The van der Waals surface area contributed by atoms with Crippen LogP contribution in [0.15, 0.2) is 23.5 Å². The summed E-state index contributed by atoms with van der Waals surface area (Å²) in [5, 5.41) is 11.9. The highest BCUT2D eigenvalue weighted by atomic mass is 16.4. The van der Waals surface area contributed by atoms with Crippen LogP contribution in [0, 0.1) is 0 Å². The molecule has 5 nitrogen and oxygen atoms in total. The number of nitrogens with zero attached hydrogens (tertiary/aromatic N) is 3. The summed E-state index contributed by atoms with van der Waals surface area (Å²) in [7, 11) is 0. The molecule has 1 aromatic rings. The second-order valence-electron chi connectivity index (χ2n) is 5.05. The van der Waals surface area contributed by atoms with Gasteiger partial charge in [-0.3, -0.25) is 9.88 Å². The Hall–Kier alpha value is -1.62. The van der Waals surface area contributed by atoms with Crippen molar-refractivity contribution in [2.45, 2.75) is 45.2 Å². The van der Waals surface area contributed by atoms with Gasteiger partial charge in [0.2, 0.25) is 0 Å². The molecule has 1 aliphatic rings. The second-order valence-corrected chi connectivity index (χ2v) is 5.05. The van der Waals surface area contributed by atoms with E-state index in [0.717, 1.165) is 18.7 Å². The van der Waals surface area contributed by atoms with Crippen LogP contribution in [0.1, 0.15) is 43.9 Å². The summed E-state index contributed by atoms with van der Waals surface area (Å²) in [6.07, 6.45) is 6.63. The van der Waals surface area contributed by atoms with Crippen molar-refractivity contribution in [3.05, 3.63) is 29.6 Å². The Kier molecular flexibility index (Phi) is 4.74. The summed E-state index contributed by atoms with van der Waals surface area (Å²) in [5.41, 5.74) is 7.30. The zero-order chi connectivity index (χ0) is 13.7. The van der Waals surface area contributed by atoms with Gasteiger partial charge in [-0.25, -0.2) is 0 Å². The van der Waals surface area contributed by atoms with Gasteiger partial charge in [-0.05, 0) is 37.4 Å². The lowest BCUT2D eigenvalue weighted by Crippen LogP contribution is -2.28. The Morgan fingerprint density at radius 3 is 3.00 bits per heavy atom. The molecule has 0 radical (unpaired) electrons. The lowest BCUT2D eigenvalue weighted by atomic mass is 10.1. The molecular formula is C14H22N4O. The van der Waals surface area contributed by atoms with E-state index in [9.17, 15) is 0 Å². The van der Waals surface area contributed by atoms with Crippen LogP contribution in [0.3, 0.4) is 0 Å². The van der Waals surface area contributed by atoms with Gasteiger partial charge in [0, 0.05) is 18.8 Å². The normalized spacial score (nSPS) is 16.0. The van der Waals surface area contributed by atoms with Crippen LogP contribution >= 0.6 is 0 Å². The van der Waals surface area contributed by atoms with E-state index in [0.29, 0.717) is 11.7 Å². The Balaban J connectivity index is 2.12. The monoisotopic (exact) mass is 262 g/mol. The van der Waals surface area contributed by atoms with Gasteiger partial charge in [0.25, 0.3) is 0 Å². The highest BCUT2D eigenvalue weighted by Gasteiger charge is 2.29. The van der Waals surface area contributed by atoms with E-state index >= 15 is 0 Å². The molecule has 1 fully saturated rings. The average molecular weight is 262 g/mol.